The fourth-order valence-electron chi connectivity index (χ4n) is 10.7. The van der Waals surface area contributed by atoms with Gasteiger partial charge in [0.15, 0.2) is 5.11 Å². The van der Waals surface area contributed by atoms with Gasteiger partial charge in [-0.15, -0.1) is 0 Å². The van der Waals surface area contributed by atoms with Crippen LogP contribution in [0.15, 0.2) is 66.7 Å². The van der Waals surface area contributed by atoms with Crippen molar-refractivity contribution in [3.63, 3.8) is 0 Å². The highest BCUT2D eigenvalue weighted by atomic mass is 32.1. The molecule has 1 aliphatic heterocycles. The van der Waals surface area contributed by atoms with Crippen molar-refractivity contribution in [3.05, 3.63) is 77.9 Å². The summed E-state index contributed by atoms with van der Waals surface area (Å²) in [7, 11) is 0. The van der Waals surface area contributed by atoms with Crippen LogP contribution in [0.4, 0.5) is 10.5 Å². The molecule has 7 amide bonds. The van der Waals surface area contributed by atoms with E-state index in [1.54, 1.807) is 0 Å². The average Bonchev–Trinajstić information content (AvgIpc) is 2.56. The van der Waals surface area contributed by atoms with Crippen LogP contribution in [0.2, 0.25) is 0 Å². The maximum Gasteiger partial charge on any atom is 0.326 e. The van der Waals surface area contributed by atoms with Crippen molar-refractivity contribution < 1.29 is 58.2 Å². The fraction of sp³-hybridized carbons (Fsp3) is 0.557. The summed E-state index contributed by atoms with van der Waals surface area (Å²) in [6.45, 7) is 9.28. The second kappa shape index (κ2) is 37.8. The molecule has 0 spiro atoms. The van der Waals surface area contributed by atoms with Gasteiger partial charge in [0.25, 0.3) is 0 Å². The Labute approximate surface area is 514 Å². The maximum absolute atomic E-state index is 12.9. The molecule has 478 valence electrons. The summed E-state index contributed by atoms with van der Waals surface area (Å²) in [5.74, 6) is -4.21. The third-order valence-electron chi connectivity index (χ3n) is 15.4. The number of ketones is 2. The van der Waals surface area contributed by atoms with E-state index in [9.17, 15) is 58.2 Å². The van der Waals surface area contributed by atoms with Crippen molar-refractivity contribution >= 4 is 92.9 Å². The third-order valence-corrected chi connectivity index (χ3v) is 15.7. The van der Waals surface area contributed by atoms with Crippen LogP contribution in [0.25, 0.3) is 10.8 Å². The number of amides is 7. The normalized spacial score (nSPS) is 18.3. The molecule has 2 aliphatic rings. The molecule has 0 bridgehead atoms. The van der Waals surface area contributed by atoms with E-state index in [0.29, 0.717) is 82.5 Å². The minimum Gasteiger partial charge on any atom is -0.480 e. The number of carboxylic acid groups (broad SMARTS) is 2. The Morgan fingerprint density at radius 1 is 0.621 bits per heavy atom. The van der Waals surface area contributed by atoms with Crippen molar-refractivity contribution in [2.24, 2.45) is 40.7 Å². The highest BCUT2D eigenvalue weighted by Crippen LogP contribution is 2.28. The first-order valence-corrected chi connectivity index (χ1v) is 30.2. The molecule has 1 unspecified atom stereocenters. The minimum absolute atomic E-state index is 0.00626. The van der Waals surface area contributed by atoms with E-state index < -0.39 is 59.6 Å². The molecule has 5 rings (SSSR count). The molecule has 25 nitrogen and oxygen atoms in total. The zero-order chi connectivity index (χ0) is 64.0. The Hall–Kier alpha value is -7.65. The number of benzene rings is 3. The molecule has 2 fully saturated rings. The molecule has 1 saturated carbocycles. The van der Waals surface area contributed by atoms with E-state index in [-0.39, 0.29) is 81.9 Å². The van der Waals surface area contributed by atoms with Crippen LogP contribution in [0.3, 0.4) is 0 Å². The molecule has 87 heavy (non-hydrogen) atoms. The summed E-state index contributed by atoms with van der Waals surface area (Å²) in [5.41, 5.74) is 25.2. The number of unbranched alkanes of at least 4 members (excludes halogenated alkanes) is 1. The van der Waals surface area contributed by atoms with Gasteiger partial charge in [0.2, 0.25) is 29.5 Å². The molecule has 15 N–H and O–H groups in total. The van der Waals surface area contributed by atoms with E-state index in [1.807, 2.05) is 86.3 Å². The van der Waals surface area contributed by atoms with E-state index >= 15 is 0 Å². The van der Waals surface area contributed by atoms with Gasteiger partial charge in [0.05, 0.1) is 26.2 Å². The van der Waals surface area contributed by atoms with Crippen LogP contribution in [0, 0.1) is 17.8 Å². The summed E-state index contributed by atoms with van der Waals surface area (Å²) in [4.78, 5) is 127. The predicted octanol–water partition coefficient (Wildman–Crippen LogP) is 1.71. The largest absolute Gasteiger partial charge is 0.480 e. The van der Waals surface area contributed by atoms with Gasteiger partial charge < -0.3 is 69.3 Å². The Bertz CT molecular complexity index is 2800. The number of carbonyl (C=O) groups excluding carboxylic acids is 8. The van der Waals surface area contributed by atoms with Crippen LogP contribution < -0.4 is 49.5 Å². The van der Waals surface area contributed by atoms with E-state index in [4.69, 9.17) is 35.2 Å². The SMILES string of the molecule is CC(=O)CC[C@H](NC(=O)N[C@@H](CCCCNC(=O)[C@@H](CC(C)=O)Cc1ccc2ccccc2c1)C(=O)O)C(=O)O.CC1CCC(CNC(=S)Nc2ccc(CC3CN(CC(N)=O)CCN(CC(N)=O)CCN(CC(N)=O)CCN3CC(N)=O)cc2)CC1. The molecule has 1 heterocycles. The zero-order valence-corrected chi connectivity index (χ0v) is 51.3. The van der Waals surface area contributed by atoms with Gasteiger partial charge in [-0.1, -0.05) is 74.4 Å². The van der Waals surface area contributed by atoms with Crippen molar-refractivity contribution in [2.45, 2.75) is 116 Å². The molecule has 3 aromatic rings. The number of anilines is 1. The Balaban J connectivity index is 0.000000378. The van der Waals surface area contributed by atoms with E-state index in [0.717, 1.165) is 40.0 Å². The Kier molecular flexibility index (Phi) is 31.2. The van der Waals surface area contributed by atoms with Gasteiger partial charge in [-0.05, 0) is 123 Å². The van der Waals surface area contributed by atoms with Crippen LogP contribution in [0.1, 0.15) is 96.1 Å². The molecule has 3 aromatic carbocycles. The number of aliphatic carboxylic acids is 2. The summed E-state index contributed by atoms with van der Waals surface area (Å²) in [5, 5.41) is 35.3. The average molecular weight is 1230 g/mol. The first-order valence-electron chi connectivity index (χ1n) is 29.8. The number of rotatable bonds is 30. The van der Waals surface area contributed by atoms with Crippen LogP contribution in [-0.4, -0.2) is 197 Å². The van der Waals surface area contributed by atoms with Crippen molar-refractivity contribution in [2.75, 3.05) is 90.4 Å². The molecule has 26 heteroatoms. The number of hydrogen-bond acceptors (Lipinski definition) is 15. The lowest BCUT2D eigenvalue weighted by atomic mass is 9.83. The van der Waals surface area contributed by atoms with Crippen LogP contribution in [0.5, 0.6) is 0 Å². The highest BCUT2D eigenvalue weighted by molar-refractivity contribution is 7.80. The molecule has 0 aromatic heterocycles. The highest BCUT2D eigenvalue weighted by Gasteiger charge is 2.29. The fourth-order valence-corrected chi connectivity index (χ4v) is 10.9. The second-order valence-corrected chi connectivity index (χ2v) is 23.5. The van der Waals surface area contributed by atoms with Crippen LogP contribution >= 0.6 is 12.2 Å². The number of hydrogen-bond donors (Lipinski definition) is 11. The van der Waals surface area contributed by atoms with Gasteiger partial charge in [-0.3, -0.25) is 43.6 Å². The Morgan fingerprint density at radius 3 is 1.72 bits per heavy atom. The lowest BCUT2D eigenvalue weighted by molar-refractivity contribution is -0.139. The van der Waals surface area contributed by atoms with Gasteiger partial charge in [0.1, 0.15) is 23.7 Å². The number of fused-ring (bicyclic) bond motifs is 1. The van der Waals surface area contributed by atoms with E-state index in [2.05, 4.69) is 33.5 Å². The number of urea groups is 1. The summed E-state index contributed by atoms with van der Waals surface area (Å²) in [6.07, 6.45) is 6.73. The van der Waals surface area contributed by atoms with Gasteiger partial charge in [-0.2, -0.15) is 0 Å². The quantitative estimate of drug-likeness (QED) is 0.0334. The van der Waals surface area contributed by atoms with Gasteiger partial charge in [0, 0.05) is 89.4 Å². The lowest BCUT2D eigenvalue weighted by Gasteiger charge is -2.38. The molecular formula is C61H91N13O12S. The number of primary amides is 4. The molecule has 1 aliphatic carbocycles. The monoisotopic (exact) mass is 1230 g/mol. The maximum atomic E-state index is 12.9. The first-order chi connectivity index (χ1) is 41.3. The van der Waals surface area contributed by atoms with Crippen LogP contribution in [-0.2, 0) is 56.0 Å². The van der Waals surface area contributed by atoms with Crippen molar-refractivity contribution in [1.82, 2.24) is 40.9 Å². The predicted molar refractivity (Wildman–Crippen MR) is 335 cm³/mol. The number of nitrogens with two attached hydrogens (primary N) is 4. The van der Waals surface area contributed by atoms with Gasteiger partial charge >= 0.3 is 18.0 Å². The third kappa shape index (κ3) is 29.1. The number of nitrogens with zero attached hydrogens (tertiary/aromatic N) is 4. The molecular weight excluding hydrogens is 1140 g/mol. The van der Waals surface area contributed by atoms with Gasteiger partial charge in [-0.25, -0.2) is 14.4 Å². The zero-order valence-electron chi connectivity index (χ0n) is 50.5. The number of carboxylic acids is 2. The Morgan fingerprint density at radius 2 is 1.16 bits per heavy atom. The second-order valence-electron chi connectivity index (χ2n) is 23.1. The number of carbonyl (C=O) groups is 10. The number of thiocarbonyl (C=S) groups is 1. The van der Waals surface area contributed by atoms with Crippen molar-refractivity contribution in [1.29, 1.82) is 0 Å². The lowest BCUT2D eigenvalue weighted by Crippen LogP contribution is -2.54. The van der Waals surface area contributed by atoms with E-state index in [1.165, 1.54) is 39.5 Å². The molecule has 0 radical (unpaired) electrons. The molecule has 1 saturated heterocycles. The minimum atomic E-state index is -1.33. The number of nitrogens with one attached hydrogen (secondary N) is 5. The number of Topliss-reactive ketones (excluding diaryl/α,β-unsaturated/α-hetero) is 2. The summed E-state index contributed by atoms with van der Waals surface area (Å²) < 4.78 is 0. The first kappa shape index (κ1) is 71.8. The van der Waals surface area contributed by atoms with Crippen molar-refractivity contribution in [3.8, 4) is 0 Å². The topological polar surface area (TPSA) is 388 Å². The summed E-state index contributed by atoms with van der Waals surface area (Å²) >= 11 is 5.56. The summed E-state index contributed by atoms with van der Waals surface area (Å²) in [6, 6.07) is 18.0. The standard InChI is InChI=1S/C32H54N10O4S.C29H37N3O8/c1-23-2-4-25(5-3-23)17-37-32(47)38-26-8-6-24(7-9-26)16-27-18-41(21-30(35)45)13-12-39(19-28(33)43)10-11-40(20-29(34)44)14-15-42(27)22-31(36)46;1-18(33)10-13-25(28(38)39)32-29(40)31-24(27(36)37)9-5-6-14-30-26(35)23(15-19(2)34)17-20-11-12-21-7-3-4-8-22(21)16-20/h6-9,23,25,27H,2-5,10-22H2,1H3,(H2,33,43)(H2,34,44)(H2,35,45)(H2,36,46)(H2,37,38,47);3-4,7-8,11-12,16,23-25H,5-6,9-10,13-15,17H2,1-2H3,(H,30,35)(H,36,37)(H,38,39)(H2,31,32,40)/t;23-,24-,25-/m.0/s1. The smallest absolute Gasteiger partial charge is 0.326 e. The molecule has 4 atom stereocenters.